The summed E-state index contributed by atoms with van der Waals surface area (Å²) in [6.45, 7) is 6.19. The van der Waals surface area contributed by atoms with E-state index in [9.17, 15) is 4.39 Å². The first kappa shape index (κ1) is 20.2. The van der Waals surface area contributed by atoms with Gasteiger partial charge in [-0.15, -0.1) is 24.0 Å². The smallest absolute Gasteiger partial charge is 0.191 e. The molecule has 1 atom stereocenters. The zero-order chi connectivity index (χ0) is 16.0. The topological polar surface area (TPSA) is 45.7 Å². The molecule has 1 aromatic carbocycles. The first-order chi connectivity index (χ1) is 10.6. The van der Waals surface area contributed by atoms with Gasteiger partial charge in [0.05, 0.1) is 13.2 Å². The van der Waals surface area contributed by atoms with E-state index in [-0.39, 0.29) is 41.3 Å². The SMILES string of the molecule is CCNC(=NCC1(c2cccc(F)c2)CC1)NC(C)COC.I. The maximum atomic E-state index is 13.4. The van der Waals surface area contributed by atoms with Gasteiger partial charge < -0.3 is 15.4 Å². The number of nitrogens with one attached hydrogen (secondary N) is 2. The first-order valence-electron chi connectivity index (χ1n) is 7.89. The van der Waals surface area contributed by atoms with E-state index in [1.807, 2.05) is 13.0 Å². The van der Waals surface area contributed by atoms with Gasteiger partial charge in [0.1, 0.15) is 5.82 Å². The van der Waals surface area contributed by atoms with Crippen LogP contribution in [0.4, 0.5) is 4.39 Å². The van der Waals surface area contributed by atoms with Crippen molar-refractivity contribution in [1.82, 2.24) is 10.6 Å². The van der Waals surface area contributed by atoms with Crippen molar-refractivity contribution in [1.29, 1.82) is 0 Å². The van der Waals surface area contributed by atoms with Crippen LogP contribution in [-0.2, 0) is 10.2 Å². The number of guanidine groups is 1. The Morgan fingerprint density at radius 3 is 2.74 bits per heavy atom. The molecule has 23 heavy (non-hydrogen) atoms. The Kier molecular flexibility index (Phi) is 8.25. The molecule has 2 N–H and O–H groups in total. The molecule has 0 saturated heterocycles. The predicted octanol–water partition coefficient (Wildman–Crippen LogP) is 3.07. The highest BCUT2D eigenvalue weighted by Gasteiger charge is 2.44. The molecule has 2 rings (SSSR count). The van der Waals surface area contributed by atoms with Crippen molar-refractivity contribution in [3.8, 4) is 0 Å². The van der Waals surface area contributed by atoms with Crippen molar-refractivity contribution in [2.45, 2.75) is 38.1 Å². The Bertz CT molecular complexity index is 520. The molecular weight excluding hydrogens is 408 g/mol. The minimum atomic E-state index is -0.175. The van der Waals surface area contributed by atoms with Gasteiger partial charge in [-0.05, 0) is 44.4 Å². The number of ether oxygens (including phenoxy) is 1. The minimum absolute atomic E-state index is 0. The van der Waals surface area contributed by atoms with E-state index in [2.05, 4.69) is 17.6 Å². The standard InChI is InChI=1S/C17H26FN3O.HI/c1-4-19-16(21-13(2)11-22-3)20-12-17(8-9-17)14-6-5-7-15(18)10-14;/h5-7,10,13H,4,8-9,11-12H2,1-3H3,(H2,19,20,21);1H. The largest absolute Gasteiger partial charge is 0.383 e. The fourth-order valence-electron chi connectivity index (χ4n) is 2.58. The molecule has 0 aliphatic heterocycles. The molecule has 1 unspecified atom stereocenters. The monoisotopic (exact) mass is 435 g/mol. The van der Waals surface area contributed by atoms with E-state index in [1.54, 1.807) is 19.2 Å². The quantitative estimate of drug-likeness (QED) is 0.393. The molecule has 0 radical (unpaired) electrons. The second-order valence-electron chi connectivity index (χ2n) is 5.99. The lowest BCUT2D eigenvalue weighted by Crippen LogP contribution is -2.44. The van der Waals surface area contributed by atoms with E-state index in [0.29, 0.717) is 13.2 Å². The average Bonchev–Trinajstić information content (AvgIpc) is 3.26. The first-order valence-corrected chi connectivity index (χ1v) is 7.89. The van der Waals surface area contributed by atoms with Crippen LogP contribution < -0.4 is 10.6 Å². The summed E-state index contributed by atoms with van der Waals surface area (Å²) in [7, 11) is 1.69. The highest BCUT2D eigenvalue weighted by Crippen LogP contribution is 2.48. The summed E-state index contributed by atoms with van der Waals surface area (Å²) in [4.78, 5) is 4.69. The second-order valence-corrected chi connectivity index (χ2v) is 5.99. The Balaban J connectivity index is 0.00000264. The third kappa shape index (κ3) is 5.91. The van der Waals surface area contributed by atoms with Crippen molar-refractivity contribution in [2.75, 3.05) is 26.8 Å². The summed E-state index contributed by atoms with van der Waals surface area (Å²) >= 11 is 0. The summed E-state index contributed by atoms with van der Waals surface area (Å²) in [5.74, 6) is 0.612. The van der Waals surface area contributed by atoms with Gasteiger partial charge in [0.15, 0.2) is 5.96 Å². The molecule has 0 spiro atoms. The van der Waals surface area contributed by atoms with Gasteiger partial charge in [-0.25, -0.2) is 4.39 Å². The van der Waals surface area contributed by atoms with E-state index >= 15 is 0 Å². The number of methoxy groups -OCH3 is 1. The fourth-order valence-corrected chi connectivity index (χ4v) is 2.58. The molecule has 6 heteroatoms. The lowest BCUT2D eigenvalue weighted by Gasteiger charge is -2.19. The predicted molar refractivity (Wildman–Crippen MR) is 103 cm³/mol. The van der Waals surface area contributed by atoms with Crippen molar-refractivity contribution < 1.29 is 9.13 Å². The molecule has 0 bridgehead atoms. The molecule has 0 aromatic heterocycles. The molecule has 1 aliphatic rings. The molecule has 4 nitrogen and oxygen atoms in total. The molecule has 1 aliphatic carbocycles. The minimum Gasteiger partial charge on any atom is -0.383 e. The number of nitrogens with zero attached hydrogens (tertiary/aromatic N) is 1. The molecule has 1 fully saturated rings. The van der Waals surface area contributed by atoms with Gasteiger partial charge in [-0.3, -0.25) is 4.99 Å². The van der Waals surface area contributed by atoms with E-state index in [0.717, 1.165) is 30.9 Å². The van der Waals surface area contributed by atoms with Gasteiger partial charge >= 0.3 is 0 Å². The third-order valence-corrected chi connectivity index (χ3v) is 3.97. The van der Waals surface area contributed by atoms with Crippen LogP contribution in [0.1, 0.15) is 32.3 Å². The average molecular weight is 435 g/mol. The molecule has 1 aromatic rings. The Morgan fingerprint density at radius 2 is 2.17 bits per heavy atom. The van der Waals surface area contributed by atoms with Gasteiger partial charge in [-0.1, -0.05) is 12.1 Å². The van der Waals surface area contributed by atoms with Crippen LogP contribution in [0, 0.1) is 5.82 Å². The van der Waals surface area contributed by atoms with E-state index in [1.165, 1.54) is 6.07 Å². The highest BCUT2D eigenvalue weighted by atomic mass is 127. The van der Waals surface area contributed by atoms with Crippen molar-refractivity contribution in [3.05, 3.63) is 35.6 Å². The van der Waals surface area contributed by atoms with Crippen molar-refractivity contribution >= 4 is 29.9 Å². The highest BCUT2D eigenvalue weighted by molar-refractivity contribution is 14.0. The normalized spacial score (nSPS) is 17.1. The van der Waals surface area contributed by atoms with Gasteiger partial charge in [0, 0.05) is 25.1 Å². The number of aliphatic imine (C=N–C) groups is 1. The Labute approximate surface area is 155 Å². The summed E-state index contributed by atoms with van der Waals surface area (Å²) in [6, 6.07) is 7.09. The van der Waals surface area contributed by atoms with Crippen LogP contribution in [0.15, 0.2) is 29.3 Å². The lowest BCUT2D eigenvalue weighted by atomic mass is 9.96. The summed E-state index contributed by atoms with van der Waals surface area (Å²) in [6.07, 6.45) is 2.12. The second kappa shape index (κ2) is 9.42. The maximum absolute atomic E-state index is 13.4. The molecule has 0 heterocycles. The number of hydrogen-bond acceptors (Lipinski definition) is 2. The molecule has 0 amide bonds. The zero-order valence-corrected chi connectivity index (χ0v) is 16.4. The van der Waals surface area contributed by atoms with Crippen LogP contribution in [0.2, 0.25) is 0 Å². The summed E-state index contributed by atoms with van der Waals surface area (Å²) in [5, 5.41) is 6.57. The molecule has 1 saturated carbocycles. The van der Waals surface area contributed by atoms with Crippen molar-refractivity contribution in [3.63, 3.8) is 0 Å². The Morgan fingerprint density at radius 1 is 1.43 bits per heavy atom. The Hall–Kier alpha value is -0.890. The molecular formula is C17H27FIN3O. The van der Waals surface area contributed by atoms with Crippen LogP contribution >= 0.6 is 24.0 Å². The van der Waals surface area contributed by atoms with Crippen LogP contribution in [0.5, 0.6) is 0 Å². The summed E-state index contributed by atoms with van der Waals surface area (Å²) in [5.41, 5.74) is 1.06. The van der Waals surface area contributed by atoms with Crippen LogP contribution in [-0.4, -0.2) is 38.8 Å². The number of halogens is 2. The fraction of sp³-hybridized carbons (Fsp3) is 0.588. The molecule has 130 valence electrons. The maximum Gasteiger partial charge on any atom is 0.191 e. The third-order valence-electron chi connectivity index (χ3n) is 3.97. The number of benzene rings is 1. The summed E-state index contributed by atoms with van der Waals surface area (Å²) < 4.78 is 18.6. The van der Waals surface area contributed by atoms with Gasteiger partial charge in [0.2, 0.25) is 0 Å². The van der Waals surface area contributed by atoms with Crippen LogP contribution in [0.25, 0.3) is 0 Å². The van der Waals surface area contributed by atoms with Gasteiger partial charge in [-0.2, -0.15) is 0 Å². The van der Waals surface area contributed by atoms with E-state index < -0.39 is 0 Å². The van der Waals surface area contributed by atoms with E-state index in [4.69, 9.17) is 9.73 Å². The van der Waals surface area contributed by atoms with Crippen LogP contribution in [0.3, 0.4) is 0 Å². The van der Waals surface area contributed by atoms with Gasteiger partial charge in [0.25, 0.3) is 0 Å². The number of hydrogen-bond donors (Lipinski definition) is 2. The van der Waals surface area contributed by atoms with Crippen molar-refractivity contribution in [2.24, 2.45) is 4.99 Å². The lowest BCUT2D eigenvalue weighted by molar-refractivity contribution is 0.179. The zero-order valence-electron chi connectivity index (χ0n) is 14.1. The number of rotatable bonds is 7.